The van der Waals surface area contributed by atoms with Gasteiger partial charge < -0.3 is 14.6 Å². The molecule has 0 atom stereocenters. The molecule has 3 aromatic rings. The second kappa shape index (κ2) is 10.1. The Morgan fingerprint density at radius 3 is 2.72 bits per heavy atom. The molecule has 3 rings (SSSR count). The molecule has 0 saturated carbocycles. The Bertz CT molecular complexity index is 997. The van der Waals surface area contributed by atoms with Crippen molar-refractivity contribution in [3.63, 3.8) is 0 Å². The van der Waals surface area contributed by atoms with Crippen LogP contribution >= 0.6 is 11.6 Å². The lowest BCUT2D eigenvalue weighted by Gasteiger charge is -2.11. The molecule has 0 unspecified atom stereocenters. The molecule has 29 heavy (non-hydrogen) atoms. The number of nitrogens with zero attached hydrogens (tertiary/aromatic N) is 2. The summed E-state index contributed by atoms with van der Waals surface area (Å²) in [6, 6.07) is 15.6. The molecule has 0 aliphatic rings. The van der Waals surface area contributed by atoms with Crippen LogP contribution in [0.25, 0.3) is 11.0 Å². The van der Waals surface area contributed by atoms with E-state index in [1.54, 1.807) is 6.92 Å². The molecule has 1 amide bonds. The van der Waals surface area contributed by atoms with Crippen molar-refractivity contribution in [1.29, 1.82) is 0 Å². The van der Waals surface area contributed by atoms with E-state index in [0.29, 0.717) is 29.5 Å². The van der Waals surface area contributed by atoms with Crippen LogP contribution < -0.4 is 10.1 Å². The first-order chi connectivity index (χ1) is 14.1. The number of halogens is 1. The Balaban J connectivity index is 1.60. The minimum absolute atomic E-state index is 0.102. The third-order valence-corrected chi connectivity index (χ3v) is 4.92. The van der Waals surface area contributed by atoms with Gasteiger partial charge >= 0.3 is 0 Å². The third kappa shape index (κ3) is 5.61. The lowest BCUT2D eigenvalue weighted by Crippen LogP contribution is -2.25. The van der Waals surface area contributed by atoms with Gasteiger partial charge in [0.15, 0.2) is 0 Å². The van der Waals surface area contributed by atoms with E-state index < -0.39 is 0 Å². The van der Waals surface area contributed by atoms with Crippen LogP contribution in [0.2, 0.25) is 5.02 Å². The van der Waals surface area contributed by atoms with E-state index in [1.807, 2.05) is 42.5 Å². The summed E-state index contributed by atoms with van der Waals surface area (Å²) < 4.78 is 8.05. The van der Waals surface area contributed by atoms with Crippen molar-refractivity contribution in [1.82, 2.24) is 14.9 Å². The van der Waals surface area contributed by atoms with E-state index in [4.69, 9.17) is 21.3 Å². The van der Waals surface area contributed by atoms with E-state index >= 15 is 0 Å². The van der Waals surface area contributed by atoms with Crippen molar-refractivity contribution in [2.24, 2.45) is 0 Å². The summed E-state index contributed by atoms with van der Waals surface area (Å²) in [5, 5.41) is 3.50. The number of aromatic nitrogens is 2. The highest BCUT2D eigenvalue weighted by atomic mass is 35.5. The van der Waals surface area contributed by atoms with E-state index in [-0.39, 0.29) is 5.91 Å². The van der Waals surface area contributed by atoms with Crippen LogP contribution in [-0.2, 0) is 17.8 Å². The Hall–Kier alpha value is -2.79. The Morgan fingerprint density at radius 1 is 1.17 bits per heavy atom. The quantitative estimate of drug-likeness (QED) is 0.385. The predicted octanol–water partition coefficient (Wildman–Crippen LogP) is 4.78. The molecule has 0 fully saturated rings. The van der Waals surface area contributed by atoms with Gasteiger partial charge in [-0.3, -0.25) is 4.79 Å². The topological polar surface area (TPSA) is 56.2 Å². The predicted molar refractivity (Wildman–Crippen MR) is 117 cm³/mol. The molecule has 1 aromatic heterocycles. The van der Waals surface area contributed by atoms with Crippen LogP contribution in [-0.4, -0.2) is 28.6 Å². The maximum absolute atomic E-state index is 11.6. The summed E-state index contributed by atoms with van der Waals surface area (Å²) in [7, 11) is 0. The Kier molecular flexibility index (Phi) is 7.30. The number of ether oxygens (including phenoxy) is 1. The van der Waals surface area contributed by atoms with Crippen molar-refractivity contribution >= 4 is 28.5 Å². The van der Waals surface area contributed by atoms with E-state index in [1.165, 1.54) is 0 Å². The van der Waals surface area contributed by atoms with Crippen molar-refractivity contribution in [2.75, 3.05) is 13.2 Å². The van der Waals surface area contributed by atoms with Gasteiger partial charge in [-0.15, -0.1) is 0 Å². The lowest BCUT2D eigenvalue weighted by atomic mass is 10.2. The summed E-state index contributed by atoms with van der Waals surface area (Å²) >= 11 is 6.14. The van der Waals surface area contributed by atoms with E-state index in [0.717, 1.165) is 42.7 Å². The highest BCUT2D eigenvalue weighted by Gasteiger charge is 2.11. The first-order valence-corrected chi connectivity index (χ1v) is 10.2. The summed E-state index contributed by atoms with van der Waals surface area (Å²) in [6.45, 7) is 7.34. The van der Waals surface area contributed by atoms with Gasteiger partial charge in [-0.2, -0.15) is 0 Å². The van der Waals surface area contributed by atoms with Gasteiger partial charge in [0.05, 0.1) is 22.7 Å². The highest BCUT2D eigenvalue weighted by Crippen LogP contribution is 2.23. The minimum atomic E-state index is -0.102. The number of hydrogen-bond acceptors (Lipinski definition) is 3. The molecule has 0 spiro atoms. The van der Waals surface area contributed by atoms with Gasteiger partial charge in [-0.1, -0.05) is 42.4 Å². The number of amides is 1. The molecule has 0 bridgehead atoms. The zero-order valence-electron chi connectivity index (χ0n) is 16.7. The molecule has 5 nitrogen and oxygen atoms in total. The lowest BCUT2D eigenvalue weighted by molar-refractivity contribution is -0.117. The minimum Gasteiger partial charge on any atom is -0.492 e. The van der Waals surface area contributed by atoms with Crippen LogP contribution in [0.1, 0.15) is 25.6 Å². The number of nitrogens with one attached hydrogen (secondary N) is 1. The summed E-state index contributed by atoms with van der Waals surface area (Å²) in [5.41, 5.74) is 2.63. The fourth-order valence-electron chi connectivity index (χ4n) is 3.13. The standard InChI is InChI=1S/C23H26ClN3O2/c1-17(2)23(28)25-14-7-13-22-26-19-10-4-5-11-20(19)27(22)15-8-16-29-21-12-6-3-9-18(21)24/h3-6,9-12H,1,7-8,13-16H2,2H3,(H,25,28). The highest BCUT2D eigenvalue weighted by molar-refractivity contribution is 6.32. The maximum Gasteiger partial charge on any atom is 0.246 e. The van der Waals surface area contributed by atoms with Crippen LogP contribution in [0.4, 0.5) is 0 Å². The van der Waals surface area contributed by atoms with Gasteiger partial charge in [0, 0.05) is 25.1 Å². The second-order valence-corrected chi connectivity index (χ2v) is 7.35. The van der Waals surface area contributed by atoms with Crippen LogP contribution in [0.15, 0.2) is 60.7 Å². The van der Waals surface area contributed by atoms with Crippen LogP contribution in [0.5, 0.6) is 5.75 Å². The van der Waals surface area contributed by atoms with Crippen molar-refractivity contribution in [3.8, 4) is 5.75 Å². The number of benzene rings is 2. The van der Waals surface area contributed by atoms with E-state index in [2.05, 4.69) is 22.5 Å². The number of carbonyl (C=O) groups is 1. The van der Waals surface area contributed by atoms with Crippen molar-refractivity contribution in [3.05, 3.63) is 71.5 Å². The summed E-state index contributed by atoms with van der Waals surface area (Å²) in [6.07, 6.45) is 2.44. The van der Waals surface area contributed by atoms with Crippen molar-refractivity contribution < 1.29 is 9.53 Å². The summed E-state index contributed by atoms with van der Waals surface area (Å²) in [5.74, 6) is 1.63. The molecule has 2 aromatic carbocycles. The molecule has 0 aliphatic heterocycles. The van der Waals surface area contributed by atoms with E-state index in [9.17, 15) is 4.79 Å². The molecule has 6 heteroatoms. The molecule has 0 aliphatic carbocycles. The number of imidazole rings is 1. The molecule has 0 radical (unpaired) electrons. The van der Waals surface area contributed by atoms with Gasteiger partial charge in [0.2, 0.25) is 5.91 Å². The first kappa shape index (κ1) is 20.9. The van der Waals surface area contributed by atoms with Crippen LogP contribution in [0, 0.1) is 0 Å². The smallest absolute Gasteiger partial charge is 0.246 e. The monoisotopic (exact) mass is 411 g/mol. The van der Waals surface area contributed by atoms with Gasteiger partial charge in [0.25, 0.3) is 0 Å². The number of hydrogen-bond donors (Lipinski definition) is 1. The first-order valence-electron chi connectivity index (χ1n) is 9.81. The molecular weight excluding hydrogens is 386 g/mol. The van der Waals surface area contributed by atoms with Crippen LogP contribution in [0.3, 0.4) is 0 Å². The zero-order chi connectivity index (χ0) is 20.6. The fraction of sp³-hybridized carbons (Fsp3) is 0.304. The molecule has 0 saturated heterocycles. The number of rotatable bonds is 10. The van der Waals surface area contributed by atoms with Gasteiger partial charge in [-0.25, -0.2) is 4.98 Å². The number of para-hydroxylation sites is 3. The Labute approximate surface area is 176 Å². The zero-order valence-corrected chi connectivity index (χ0v) is 17.4. The number of aryl methyl sites for hydroxylation is 2. The normalized spacial score (nSPS) is 10.8. The molecule has 1 heterocycles. The second-order valence-electron chi connectivity index (χ2n) is 6.94. The number of fused-ring (bicyclic) bond motifs is 1. The maximum atomic E-state index is 11.6. The third-order valence-electron chi connectivity index (χ3n) is 4.60. The van der Waals surface area contributed by atoms with Gasteiger partial charge in [-0.05, 0) is 44.0 Å². The average molecular weight is 412 g/mol. The SMILES string of the molecule is C=C(C)C(=O)NCCCc1nc2ccccc2n1CCCOc1ccccc1Cl. The summed E-state index contributed by atoms with van der Waals surface area (Å²) in [4.78, 5) is 16.4. The molecular formula is C23H26ClN3O2. The molecule has 1 N–H and O–H groups in total. The van der Waals surface area contributed by atoms with Gasteiger partial charge in [0.1, 0.15) is 11.6 Å². The largest absolute Gasteiger partial charge is 0.492 e. The molecule has 152 valence electrons. The van der Waals surface area contributed by atoms with Crippen molar-refractivity contribution in [2.45, 2.75) is 32.7 Å². The number of carbonyl (C=O) groups excluding carboxylic acids is 1. The Morgan fingerprint density at radius 2 is 1.93 bits per heavy atom. The average Bonchev–Trinajstić information content (AvgIpc) is 3.07. The fourth-order valence-corrected chi connectivity index (χ4v) is 3.32.